The van der Waals surface area contributed by atoms with E-state index in [2.05, 4.69) is 12.2 Å². The van der Waals surface area contributed by atoms with Crippen molar-refractivity contribution in [2.45, 2.75) is 45.6 Å². The molecule has 0 radical (unpaired) electrons. The summed E-state index contributed by atoms with van der Waals surface area (Å²) < 4.78 is 5.32. The molecule has 1 heterocycles. The molecule has 1 unspecified atom stereocenters. The summed E-state index contributed by atoms with van der Waals surface area (Å²) in [5.74, 6) is 0.743. The van der Waals surface area contributed by atoms with Gasteiger partial charge in [0.05, 0.1) is 26.2 Å². The second-order valence-corrected chi connectivity index (χ2v) is 6.78. The number of carbonyl (C=O) groups excluding carboxylic acids is 1. The highest BCUT2D eigenvalue weighted by molar-refractivity contribution is 5.92. The number of benzene rings is 1. The summed E-state index contributed by atoms with van der Waals surface area (Å²) in [7, 11) is 1.64. The zero-order valence-corrected chi connectivity index (χ0v) is 15.2. The average molecular weight is 331 g/mol. The first-order valence-corrected chi connectivity index (χ1v) is 9.05. The molecule has 0 bridgehead atoms. The summed E-state index contributed by atoms with van der Waals surface area (Å²) in [5, 5.41) is 2.98. The lowest BCUT2D eigenvalue weighted by Crippen LogP contribution is -3.16. The molecule has 0 aliphatic carbocycles. The minimum Gasteiger partial charge on any atom is -0.496 e. The van der Waals surface area contributed by atoms with Crippen LogP contribution in [-0.2, 0) is 4.79 Å². The van der Waals surface area contributed by atoms with Crippen LogP contribution in [0, 0.1) is 6.92 Å². The number of piperidine rings is 1. The molecule has 1 amide bonds. The molecule has 0 spiro atoms. The van der Waals surface area contributed by atoms with E-state index in [4.69, 9.17) is 4.74 Å². The molecule has 2 rings (SSSR count). The van der Waals surface area contributed by atoms with Crippen LogP contribution in [0.2, 0.25) is 0 Å². The minimum atomic E-state index is -0.0414. The van der Waals surface area contributed by atoms with Crippen LogP contribution >= 0.6 is 0 Å². The number of ether oxygens (including phenoxy) is 1. The van der Waals surface area contributed by atoms with Gasteiger partial charge in [-0.25, -0.2) is 0 Å². The zero-order chi connectivity index (χ0) is 17.4. The third kappa shape index (κ3) is 5.68. The van der Waals surface area contributed by atoms with Gasteiger partial charge in [0.15, 0.2) is 0 Å². The fourth-order valence-electron chi connectivity index (χ4n) is 3.36. The Morgan fingerprint density at radius 2 is 2.25 bits per heavy atom. The normalized spacial score (nSPS) is 21.0. The smallest absolute Gasteiger partial charge is 0.244 e. The summed E-state index contributed by atoms with van der Waals surface area (Å²) in [5.41, 5.74) is 2.08. The van der Waals surface area contributed by atoms with Crippen molar-refractivity contribution < 1.29 is 14.4 Å². The highest BCUT2D eigenvalue weighted by Crippen LogP contribution is 2.20. The lowest BCUT2D eigenvalue weighted by atomic mass is 10.0. The highest BCUT2D eigenvalue weighted by Gasteiger charge is 2.20. The molecule has 4 nitrogen and oxygen atoms in total. The molecule has 0 aromatic heterocycles. The SMILES string of the molecule is COc1ccc(C)cc1/C=C/C(=O)NCCC[NH+]1CCCC[C@@H]1C. The van der Waals surface area contributed by atoms with Crippen molar-refractivity contribution >= 4 is 12.0 Å². The van der Waals surface area contributed by atoms with Crippen LogP contribution in [0.3, 0.4) is 0 Å². The maximum absolute atomic E-state index is 12.0. The van der Waals surface area contributed by atoms with E-state index in [0.717, 1.165) is 42.4 Å². The van der Waals surface area contributed by atoms with E-state index in [9.17, 15) is 4.79 Å². The fourth-order valence-corrected chi connectivity index (χ4v) is 3.36. The van der Waals surface area contributed by atoms with Crippen LogP contribution in [0.15, 0.2) is 24.3 Å². The summed E-state index contributed by atoms with van der Waals surface area (Å²) in [6.45, 7) is 7.54. The summed E-state index contributed by atoms with van der Waals surface area (Å²) in [4.78, 5) is 13.7. The van der Waals surface area contributed by atoms with Crippen molar-refractivity contribution in [2.75, 3.05) is 26.7 Å². The largest absolute Gasteiger partial charge is 0.496 e. The van der Waals surface area contributed by atoms with E-state index in [1.807, 2.05) is 31.2 Å². The lowest BCUT2D eigenvalue weighted by molar-refractivity contribution is -0.928. The second kappa shape index (κ2) is 9.48. The van der Waals surface area contributed by atoms with Crippen molar-refractivity contribution in [2.24, 2.45) is 0 Å². The second-order valence-electron chi connectivity index (χ2n) is 6.78. The molecule has 132 valence electrons. The van der Waals surface area contributed by atoms with Gasteiger partial charge in [-0.15, -0.1) is 0 Å². The molecule has 24 heavy (non-hydrogen) atoms. The Balaban J connectivity index is 1.74. The zero-order valence-electron chi connectivity index (χ0n) is 15.2. The average Bonchev–Trinajstić information content (AvgIpc) is 2.58. The number of carbonyl (C=O) groups is 1. The van der Waals surface area contributed by atoms with Crippen molar-refractivity contribution in [3.63, 3.8) is 0 Å². The molecular formula is C20H31N2O2+. The van der Waals surface area contributed by atoms with Crippen LogP contribution < -0.4 is 15.0 Å². The number of hydrogen-bond acceptors (Lipinski definition) is 2. The Bertz CT molecular complexity index is 569. The molecule has 1 fully saturated rings. The summed E-state index contributed by atoms with van der Waals surface area (Å²) in [6.07, 6.45) is 8.49. The van der Waals surface area contributed by atoms with Crippen molar-refractivity contribution in [3.8, 4) is 5.75 Å². The number of hydrogen-bond donors (Lipinski definition) is 2. The van der Waals surface area contributed by atoms with Crippen molar-refractivity contribution in [1.82, 2.24) is 5.32 Å². The van der Waals surface area contributed by atoms with Gasteiger partial charge >= 0.3 is 0 Å². The van der Waals surface area contributed by atoms with Gasteiger partial charge in [0.25, 0.3) is 0 Å². The van der Waals surface area contributed by atoms with Crippen LogP contribution in [0.1, 0.15) is 43.7 Å². The van der Waals surface area contributed by atoms with E-state index in [1.165, 1.54) is 25.8 Å². The molecule has 1 aromatic carbocycles. The van der Waals surface area contributed by atoms with Gasteiger partial charge in [-0.1, -0.05) is 11.6 Å². The number of quaternary nitrogens is 1. The molecule has 2 N–H and O–H groups in total. The molecule has 1 aromatic rings. The Morgan fingerprint density at radius 3 is 3.00 bits per heavy atom. The predicted octanol–water partition coefficient (Wildman–Crippen LogP) is 1.98. The predicted molar refractivity (Wildman–Crippen MR) is 98.4 cm³/mol. The molecular weight excluding hydrogens is 300 g/mol. The van der Waals surface area contributed by atoms with Gasteiger partial charge < -0.3 is 15.0 Å². The Hall–Kier alpha value is -1.81. The molecule has 1 saturated heterocycles. The monoisotopic (exact) mass is 331 g/mol. The number of rotatable bonds is 7. The van der Waals surface area contributed by atoms with E-state index in [1.54, 1.807) is 18.1 Å². The third-order valence-corrected chi connectivity index (χ3v) is 4.86. The maximum Gasteiger partial charge on any atom is 0.244 e. The number of methoxy groups -OCH3 is 1. The number of nitrogens with one attached hydrogen (secondary N) is 2. The number of aryl methyl sites for hydroxylation is 1. The van der Waals surface area contributed by atoms with Crippen LogP contribution in [-0.4, -0.2) is 38.7 Å². The third-order valence-electron chi connectivity index (χ3n) is 4.86. The lowest BCUT2D eigenvalue weighted by Gasteiger charge is -2.30. The number of likely N-dealkylation sites (tertiary alicyclic amines) is 1. The van der Waals surface area contributed by atoms with Gasteiger partial charge in [-0.3, -0.25) is 4.79 Å². The first kappa shape index (κ1) is 18.5. The maximum atomic E-state index is 12.0. The molecule has 1 aliphatic heterocycles. The van der Waals surface area contributed by atoms with Crippen LogP contribution in [0.5, 0.6) is 5.75 Å². The van der Waals surface area contributed by atoms with Gasteiger partial charge in [-0.2, -0.15) is 0 Å². The van der Waals surface area contributed by atoms with Gasteiger partial charge in [-0.05, 0) is 51.3 Å². The fraction of sp³-hybridized carbons (Fsp3) is 0.550. The molecule has 4 heteroatoms. The minimum absolute atomic E-state index is 0.0414. The Kier molecular flexibility index (Phi) is 7.32. The standard InChI is InChI=1S/C20H30N2O2/c1-16-8-10-19(24-3)18(15-16)9-11-20(23)21-12-6-14-22-13-5-4-7-17(22)2/h8-11,15,17H,4-7,12-14H2,1-3H3,(H,21,23)/p+1/b11-9+/t17-/m0/s1. The van der Waals surface area contributed by atoms with E-state index in [0.29, 0.717) is 0 Å². The first-order chi connectivity index (χ1) is 11.6. The van der Waals surface area contributed by atoms with E-state index in [-0.39, 0.29) is 5.91 Å². The Labute approximate surface area is 145 Å². The summed E-state index contributed by atoms with van der Waals surface area (Å²) in [6, 6.07) is 6.71. The molecule has 0 saturated carbocycles. The van der Waals surface area contributed by atoms with Gasteiger partial charge in [0.2, 0.25) is 5.91 Å². The topological polar surface area (TPSA) is 42.8 Å². The van der Waals surface area contributed by atoms with E-state index < -0.39 is 0 Å². The quantitative estimate of drug-likeness (QED) is 0.593. The van der Waals surface area contributed by atoms with Gasteiger partial charge in [0.1, 0.15) is 5.75 Å². The molecule has 2 atom stereocenters. The van der Waals surface area contributed by atoms with Crippen molar-refractivity contribution in [3.05, 3.63) is 35.4 Å². The summed E-state index contributed by atoms with van der Waals surface area (Å²) >= 11 is 0. The highest BCUT2D eigenvalue weighted by atomic mass is 16.5. The van der Waals surface area contributed by atoms with Crippen LogP contribution in [0.25, 0.3) is 6.08 Å². The van der Waals surface area contributed by atoms with Gasteiger partial charge in [0, 0.05) is 24.6 Å². The van der Waals surface area contributed by atoms with Crippen LogP contribution in [0.4, 0.5) is 0 Å². The van der Waals surface area contributed by atoms with Crippen molar-refractivity contribution in [1.29, 1.82) is 0 Å². The molecule has 1 aliphatic rings. The Morgan fingerprint density at radius 1 is 1.42 bits per heavy atom. The van der Waals surface area contributed by atoms with E-state index >= 15 is 0 Å². The number of amides is 1. The first-order valence-electron chi connectivity index (χ1n) is 9.05.